The molecular formula is C49H28F2N6Na6O23S6. The van der Waals surface area contributed by atoms with Crippen molar-refractivity contribution in [3.05, 3.63) is 167 Å². The predicted octanol–water partition coefficient (Wildman–Crippen LogP) is -12.2. The number of hydrogen-bond acceptors (Lipinski definition) is 24. The van der Waals surface area contributed by atoms with E-state index in [1.807, 2.05) is 0 Å². The van der Waals surface area contributed by atoms with Crippen LogP contribution in [0, 0.1) is 11.6 Å². The molecule has 0 aromatic heterocycles. The van der Waals surface area contributed by atoms with Gasteiger partial charge >= 0.3 is 183 Å². The summed E-state index contributed by atoms with van der Waals surface area (Å²) in [5.74, 6) is -6.56. The minimum Gasteiger partial charge on any atom is -0.691 e. The first kappa shape index (κ1) is 86.0. The molecule has 8 rings (SSSR count). The minimum atomic E-state index is -5.80. The van der Waals surface area contributed by atoms with E-state index in [1.54, 1.807) is 0 Å². The molecule has 0 saturated heterocycles. The zero-order valence-electron chi connectivity index (χ0n) is 47.8. The van der Waals surface area contributed by atoms with Gasteiger partial charge in [-0.15, -0.1) is 21.0 Å². The van der Waals surface area contributed by atoms with Gasteiger partial charge in [-0.25, -0.2) is 13.6 Å². The molecule has 0 saturated carbocycles. The number of hydrogen-bond donors (Lipinski definition) is 6. The second-order valence-corrected chi connectivity index (χ2v) is 24.9. The Morgan fingerprint density at radius 3 is 1.12 bits per heavy atom. The molecule has 0 aliphatic heterocycles. The van der Waals surface area contributed by atoms with E-state index >= 15 is 8.78 Å². The van der Waals surface area contributed by atoms with Gasteiger partial charge in [0.25, 0.3) is 23.6 Å². The van der Waals surface area contributed by atoms with Crippen LogP contribution < -0.4 is 215 Å². The molecule has 29 nitrogen and oxygen atoms in total. The Morgan fingerprint density at radius 1 is 0.380 bits per heavy atom. The Morgan fingerprint density at radius 2 is 0.739 bits per heavy atom. The molecule has 0 aliphatic rings. The molecule has 0 atom stereocenters. The van der Waals surface area contributed by atoms with Crippen LogP contribution in [0.5, 0.6) is 0 Å². The fraction of sp³-hybridized carbons (Fsp3) is 0. The van der Waals surface area contributed by atoms with Crippen LogP contribution in [0.2, 0.25) is 0 Å². The SMILES string of the molecule is O=C(Nc1cccc(C(=O)Nc2cc(C(=O)Nc3ccc([S+](=O)([O-])[O-])c4cc([S+](=O)([O-])[O-])cc(SOO[O-])c34)ccc2F)c1)Nc1cccc(C(=O)Nc2cc(C(=O)Nc3ccc([S+](=O)([O-])[O-])c4cc([S+](=O)([O-])[O-])cc([S+](=O)([O-])[O-])c34)ccc2F)c1.[Na+].[Na+].[Na+].[Na+].[Na+].[Na+]. The largest absolute Gasteiger partial charge is 1.00 e. The summed E-state index contributed by atoms with van der Waals surface area (Å²) in [7, 11) is -27.7. The van der Waals surface area contributed by atoms with E-state index in [2.05, 4.69) is 41.3 Å². The normalized spacial score (nSPS) is 11.4. The average molecular weight is 1440 g/mol. The maximum Gasteiger partial charge on any atom is 1.00 e. The quantitative estimate of drug-likeness (QED) is 0.0153. The van der Waals surface area contributed by atoms with Crippen molar-refractivity contribution in [3.8, 4) is 0 Å². The Balaban J connectivity index is 0.00000480. The number of carbonyl (C=O) groups excluding carboxylic acids is 5. The third-order valence-electron chi connectivity index (χ3n) is 11.8. The third kappa shape index (κ3) is 21.4. The number of anilines is 6. The second-order valence-electron chi connectivity index (χ2n) is 17.3. The summed E-state index contributed by atoms with van der Waals surface area (Å²) in [6.45, 7) is 0. The first-order valence-electron chi connectivity index (χ1n) is 22.9. The van der Waals surface area contributed by atoms with Gasteiger partial charge in [-0.1, -0.05) is 12.1 Å². The van der Waals surface area contributed by atoms with Gasteiger partial charge < -0.3 is 82.7 Å². The van der Waals surface area contributed by atoms with E-state index in [0.29, 0.717) is 42.5 Å². The topological polar surface area (TPSA) is 515 Å². The van der Waals surface area contributed by atoms with Crippen LogP contribution in [-0.2, 0) is 82.9 Å². The molecule has 6 N–H and O–H groups in total. The van der Waals surface area contributed by atoms with Crippen LogP contribution in [0.15, 0.2) is 163 Å². The van der Waals surface area contributed by atoms with Crippen molar-refractivity contribution in [1.82, 2.24) is 0 Å². The standard InChI is InChI=1S/C49H29F2N6O23S6.6Na/c50-33-9-7-25(47(60)54-35-11-13-40(84(70,71)72)31-19-29(82(64,65)66)21-39(43(31)35)81-80-79-63)17-37(33)56-45(58)23-3-1-5-27(15-23)52-49(62)53-28-6-2-4-24(16-28)46(59)57-38-18-26(8-10-34(38)51)48(61)55-36-12-14-41(85(73,74)75)32-20-30(83(67,68)69)22-42(44(32)36)86(76,77)78;;;;;;/h1-22H,(H7-10,52,53,54,55,56,57,58,59,60,61,62,63,64,65,66,67,68,69,70,71,72,73,74,75,76,77,78);;;;;;/q-5;6*+1/p-1. The van der Waals surface area contributed by atoms with Crippen LogP contribution in [-0.4, -0.2) is 75.2 Å². The molecule has 0 spiro atoms. The maximum absolute atomic E-state index is 15.2. The third-order valence-corrected chi connectivity index (χ3v) is 16.7. The average Bonchev–Trinajstić information content (AvgIpc) is 0.870. The van der Waals surface area contributed by atoms with Gasteiger partial charge in [0.15, 0.2) is 24.5 Å². The van der Waals surface area contributed by atoms with E-state index in [4.69, 9.17) is 0 Å². The molecule has 8 aromatic rings. The molecule has 0 bridgehead atoms. The Bertz CT molecular complexity index is 4450. The number of amides is 6. The minimum absolute atomic E-state index is 0. The Kier molecular flexibility index (Phi) is 32.8. The summed E-state index contributed by atoms with van der Waals surface area (Å²) in [6, 6.07) is 18.3. The summed E-state index contributed by atoms with van der Waals surface area (Å²) in [5, 5.41) is 24.5. The molecule has 0 heterocycles. The Hall–Kier alpha value is -2.13. The Labute approximate surface area is 660 Å². The molecule has 92 heavy (non-hydrogen) atoms. The van der Waals surface area contributed by atoms with E-state index < -0.39 is 167 Å². The van der Waals surface area contributed by atoms with Crippen LogP contribution in [0.25, 0.3) is 21.5 Å². The summed E-state index contributed by atoms with van der Waals surface area (Å²) < 4.78 is 215. The van der Waals surface area contributed by atoms with Gasteiger partial charge in [0, 0.05) is 127 Å². The molecule has 0 fully saturated rings. The van der Waals surface area contributed by atoms with E-state index in [-0.39, 0.29) is 229 Å². The fourth-order valence-corrected chi connectivity index (χ4v) is 12.0. The van der Waals surface area contributed by atoms with Crippen LogP contribution in [0.3, 0.4) is 0 Å². The number of halogens is 2. The van der Waals surface area contributed by atoms with Crippen LogP contribution in [0.1, 0.15) is 41.4 Å². The van der Waals surface area contributed by atoms with Crippen LogP contribution in [0.4, 0.5) is 47.7 Å². The van der Waals surface area contributed by atoms with Crippen LogP contribution >= 0.6 is 12.0 Å². The number of carbonyl (C=O) groups is 5. The molecule has 448 valence electrons. The number of urea groups is 1. The van der Waals surface area contributed by atoms with Crippen molar-refractivity contribution in [3.63, 3.8) is 0 Å². The summed E-state index contributed by atoms with van der Waals surface area (Å²) in [6.07, 6.45) is 0. The van der Waals surface area contributed by atoms with Gasteiger partial charge in [0.1, 0.15) is 11.6 Å². The number of nitrogens with one attached hydrogen (secondary N) is 6. The number of benzene rings is 8. The summed E-state index contributed by atoms with van der Waals surface area (Å²) in [4.78, 5) is 60.2. The van der Waals surface area contributed by atoms with Gasteiger partial charge in [-0.2, -0.15) is 4.33 Å². The monoisotopic (exact) mass is 1440 g/mol. The van der Waals surface area contributed by atoms with Crippen molar-refractivity contribution < 1.29 is 291 Å². The molecule has 0 radical (unpaired) electrons. The van der Waals surface area contributed by atoms with Gasteiger partial charge in [-0.3, -0.25) is 24.2 Å². The van der Waals surface area contributed by atoms with Crippen molar-refractivity contribution in [2.45, 2.75) is 29.4 Å². The van der Waals surface area contributed by atoms with Crippen molar-refractivity contribution in [2.24, 2.45) is 0 Å². The van der Waals surface area contributed by atoms with E-state index in [1.165, 1.54) is 36.4 Å². The maximum atomic E-state index is 15.2. The molecule has 6 amide bonds. The second kappa shape index (κ2) is 35.1. The molecular weight excluding hydrogens is 1410 g/mol. The molecule has 0 aliphatic carbocycles. The molecule has 43 heteroatoms. The summed E-state index contributed by atoms with van der Waals surface area (Å²) in [5.41, 5.74) is -3.68. The van der Waals surface area contributed by atoms with Gasteiger partial charge in [0.05, 0.1) is 45.1 Å². The van der Waals surface area contributed by atoms with Gasteiger partial charge in [0.2, 0.25) is 0 Å². The van der Waals surface area contributed by atoms with Crippen molar-refractivity contribution in [1.29, 1.82) is 0 Å². The van der Waals surface area contributed by atoms with Crippen molar-refractivity contribution >= 4 is 150 Å². The van der Waals surface area contributed by atoms with Gasteiger partial charge in [-0.05, 0) is 97.1 Å². The van der Waals surface area contributed by atoms with Crippen molar-refractivity contribution in [2.75, 3.05) is 31.9 Å². The first-order chi connectivity index (χ1) is 40.1. The zero-order chi connectivity index (χ0) is 63.0. The van der Waals surface area contributed by atoms with E-state index in [0.717, 1.165) is 48.5 Å². The van der Waals surface area contributed by atoms with E-state index in [9.17, 15) is 95.8 Å². The first-order valence-corrected chi connectivity index (χ1v) is 30.7. The molecule has 0 unspecified atom stereocenters. The fourth-order valence-electron chi connectivity index (χ4n) is 8.11. The number of fused-ring (bicyclic) bond motifs is 2. The zero-order valence-corrected chi connectivity index (χ0v) is 64.7. The number of rotatable bonds is 18. The smallest absolute Gasteiger partial charge is 0.691 e. The predicted molar refractivity (Wildman–Crippen MR) is 285 cm³/mol. The molecule has 8 aromatic carbocycles. The summed E-state index contributed by atoms with van der Waals surface area (Å²) >= 11 is -0.0281.